The van der Waals surface area contributed by atoms with E-state index in [-0.39, 0.29) is 0 Å². The van der Waals surface area contributed by atoms with Gasteiger partial charge in [0.2, 0.25) is 0 Å². The van der Waals surface area contributed by atoms with E-state index in [2.05, 4.69) is 30.8 Å². The van der Waals surface area contributed by atoms with E-state index in [1.165, 1.54) is 36.8 Å². The summed E-state index contributed by atoms with van der Waals surface area (Å²) >= 11 is 0. The molecule has 2 bridgehead atoms. The number of aromatic nitrogens is 3. The predicted octanol–water partition coefficient (Wildman–Crippen LogP) is 2.48. The molecule has 0 aromatic carbocycles. The number of hydrogen-bond acceptors (Lipinski definition) is 5. The van der Waals surface area contributed by atoms with Gasteiger partial charge in [-0.15, -0.1) is 0 Å². The van der Waals surface area contributed by atoms with Crippen LogP contribution >= 0.6 is 0 Å². The quantitative estimate of drug-likeness (QED) is 0.940. The maximum absolute atomic E-state index is 8.90. The molecule has 124 valence electrons. The Labute approximate surface area is 141 Å². The Morgan fingerprint density at radius 3 is 2.83 bits per heavy atom. The van der Waals surface area contributed by atoms with Crippen LogP contribution in [0.1, 0.15) is 43.7 Å². The molecular formula is C18H22N6. The van der Waals surface area contributed by atoms with Gasteiger partial charge in [-0.1, -0.05) is 0 Å². The van der Waals surface area contributed by atoms with Crippen LogP contribution < -0.4 is 5.32 Å². The summed E-state index contributed by atoms with van der Waals surface area (Å²) < 4.78 is 2.43. The molecule has 6 heteroatoms. The van der Waals surface area contributed by atoms with Crippen LogP contribution in [0.2, 0.25) is 0 Å². The van der Waals surface area contributed by atoms with Crippen molar-refractivity contribution in [3.63, 3.8) is 0 Å². The minimum absolute atomic E-state index is 0.526. The van der Waals surface area contributed by atoms with Crippen molar-refractivity contribution in [3.05, 3.63) is 18.1 Å². The number of piperidine rings is 1. The molecule has 0 amide bonds. The van der Waals surface area contributed by atoms with Crippen LogP contribution in [-0.2, 0) is 6.42 Å². The van der Waals surface area contributed by atoms with Gasteiger partial charge in [-0.2, -0.15) is 5.26 Å². The van der Waals surface area contributed by atoms with E-state index >= 15 is 0 Å². The van der Waals surface area contributed by atoms with E-state index in [0.29, 0.717) is 24.5 Å². The first kappa shape index (κ1) is 14.2. The zero-order chi connectivity index (χ0) is 16.1. The lowest BCUT2D eigenvalue weighted by molar-refractivity contribution is 0.111. The van der Waals surface area contributed by atoms with Crippen LogP contribution in [0, 0.1) is 11.3 Å². The van der Waals surface area contributed by atoms with E-state index in [1.807, 2.05) is 12.5 Å². The predicted molar refractivity (Wildman–Crippen MR) is 91.7 cm³/mol. The molecular weight excluding hydrogens is 300 g/mol. The summed E-state index contributed by atoms with van der Waals surface area (Å²) in [6.45, 7) is 1.91. The van der Waals surface area contributed by atoms with Gasteiger partial charge in [-0.05, 0) is 32.1 Å². The molecule has 3 atom stereocenters. The Morgan fingerprint density at radius 1 is 1.21 bits per heavy atom. The molecule has 6 nitrogen and oxygen atoms in total. The van der Waals surface area contributed by atoms with E-state index in [0.717, 1.165) is 30.8 Å². The van der Waals surface area contributed by atoms with E-state index in [1.54, 1.807) is 0 Å². The number of nitriles is 1. The summed E-state index contributed by atoms with van der Waals surface area (Å²) in [6, 6.07) is 4.09. The number of nitrogens with zero attached hydrogens (tertiary/aromatic N) is 5. The van der Waals surface area contributed by atoms with Gasteiger partial charge in [0.25, 0.3) is 0 Å². The highest BCUT2D eigenvalue weighted by molar-refractivity contribution is 5.83. The summed E-state index contributed by atoms with van der Waals surface area (Å²) in [4.78, 5) is 11.7. The van der Waals surface area contributed by atoms with Crippen molar-refractivity contribution in [1.82, 2.24) is 19.4 Å². The second-order valence-corrected chi connectivity index (χ2v) is 7.30. The number of anilines is 1. The average Bonchev–Trinajstić information content (AvgIpc) is 3.28. The zero-order valence-electron chi connectivity index (χ0n) is 13.8. The number of hydrogen-bond donors (Lipinski definition) is 1. The molecule has 0 saturated carbocycles. The van der Waals surface area contributed by atoms with Crippen molar-refractivity contribution in [2.24, 2.45) is 0 Å². The molecule has 3 aliphatic heterocycles. The SMILES string of the molecule is N#CCCN1[C@@H]2CC[C@H]1C[C@H](n1cnc3cnc4c(c31)CCN4)C2. The van der Waals surface area contributed by atoms with E-state index < -0.39 is 0 Å². The van der Waals surface area contributed by atoms with Gasteiger partial charge in [0, 0.05) is 43.2 Å². The number of fused-ring (bicyclic) bond motifs is 5. The monoisotopic (exact) mass is 322 g/mol. The molecule has 0 unspecified atom stereocenters. The summed E-state index contributed by atoms with van der Waals surface area (Å²) in [7, 11) is 0. The molecule has 5 heterocycles. The molecule has 2 aromatic rings. The molecule has 1 N–H and O–H groups in total. The molecule has 24 heavy (non-hydrogen) atoms. The number of imidazole rings is 1. The minimum Gasteiger partial charge on any atom is -0.369 e. The van der Waals surface area contributed by atoms with Crippen molar-refractivity contribution >= 4 is 16.9 Å². The van der Waals surface area contributed by atoms with Crippen LogP contribution in [-0.4, -0.2) is 44.6 Å². The van der Waals surface area contributed by atoms with Crippen LogP contribution in [0.25, 0.3) is 11.0 Å². The highest BCUT2D eigenvalue weighted by Gasteiger charge is 2.41. The Morgan fingerprint density at radius 2 is 2.04 bits per heavy atom. The third-order valence-corrected chi connectivity index (χ3v) is 6.11. The molecule has 2 fully saturated rings. The maximum atomic E-state index is 8.90. The minimum atomic E-state index is 0.526. The van der Waals surface area contributed by atoms with Crippen LogP contribution in [0.3, 0.4) is 0 Å². The number of rotatable bonds is 3. The molecule has 3 aliphatic rings. The highest BCUT2D eigenvalue weighted by Crippen LogP contribution is 2.42. The van der Waals surface area contributed by atoms with Gasteiger partial charge in [-0.3, -0.25) is 4.90 Å². The first-order valence-corrected chi connectivity index (χ1v) is 9.06. The Balaban J connectivity index is 1.48. The van der Waals surface area contributed by atoms with Crippen molar-refractivity contribution < 1.29 is 0 Å². The van der Waals surface area contributed by atoms with E-state index in [9.17, 15) is 0 Å². The Kier molecular flexibility index (Phi) is 3.23. The summed E-state index contributed by atoms with van der Waals surface area (Å²) in [5.41, 5.74) is 3.65. The largest absolute Gasteiger partial charge is 0.369 e. The van der Waals surface area contributed by atoms with Crippen LogP contribution in [0.15, 0.2) is 12.5 Å². The summed E-state index contributed by atoms with van der Waals surface area (Å²) in [5, 5.41) is 12.3. The normalized spacial score (nSPS) is 28.7. The Bertz CT molecular complexity index is 805. The second kappa shape index (κ2) is 5.45. The fourth-order valence-corrected chi connectivity index (χ4v) is 5.08. The van der Waals surface area contributed by atoms with Crippen LogP contribution in [0.4, 0.5) is 5.82 Å². The third-order valence-electron chi connectivity index (χ3n) is 6.11. The van der Waals surface area contributed by atoms with Gasteiger partial charge in [-0.25, -0.2) is 9.97 Å². The topological polar surface area (TPSA) is 69.8 Å². The fraction of sp³-hybridized carbons (Fsp3) is 0.611. The second-order valence-electron chi connectivity index (χ2n) is 7.30. The number of pyridine rings is 1. The molecule has 0 radical (unpaired) electrons. The smallest absolute Gasteiger partial charge is 0.131 e. The third kappa shape index (κ3) is 2.04. The maximum Gasteiger partial charge on any atom is 0.131 e. The highest BCUT2D eigenvalue weighted by atomic mass is 15.2. The fourth-order valence-electron chi connectivity index (χ4n) is 5.08. The Hall–Kier alpha value is -2.13. The van der Waals surface area contributed by atoms with Crippen molar-refractivity contribution in [3.8, 4) is 6.07 Å². The molecule has 0 spiro atoms. The van der Waals surface area contributed by atoms with Crippen molar-refractivity contribution in [2.45, 2.75) is 56.7 Å². The first-order valence-electron chi connectivity index (χ1n) is 9.06. The molecule has 2 aromatic heterocycles. The van der Waals surface area contributed by atoms with Gasteiger partial charge in [0.1, 0.15) is 11.3 Å². The standard InChI is InChI=1S/C18H22N6/c19-5-1-7-23-12-2-3-13(23)9-14(8-12)24-11-22-16-10-21-18-15(17(16)24)4-6-20-18/h10-14H,1-4,6-9H2,(H,20,21)/t12-,13+,14-. The number of nitrogens with one attached hydrogen (secondary N) is 1. The zero-order valence-corrected chi connectivity index (χ0v) is 13.8. The summed E-state index contributed by atoms with van der Waals surface area (Å²) in [5.74, 6) is 1.04. The van der Waals surface area contributed by atoms with Gasteiger partial charge < -0.3 is 9.88 Å². The first-order chi connectivity index (χ1) is 11.8. The molecule has 0 aliphatic carbocycles. The summed E-state index contributed by atoms with van der Waals surface area (Å²) in [6.07, 6.45) is 10.5. The van der Waals surface area contributed by atoms with Gasteiger partial charge >= 0.3 is 0 Å². The molecule has 2 saturated heterocycles. The van der Waals surface area contributed by atoms with Gasteiger partial charge in [0.05, 0.1) is 24.1 Å². The average molecular weight is 322 g/mol. The molecule has 5 rings (SSSR count). The van der Waals surface area contributed by atoms with E-state index in [4.69, 9.17) is 5.26 Å². The van der Waals surface area contributed by atoms with Gasteiger partial charge in [0.15, 0.2) is 0 Å². The van der Waals surface area contributed by atoms with Crippen molar-refractivity contribution in [2.75, 3.05) is 18.4 Å². The van der Waals surface area contributed by atoms with Crippen molar-refractivity contribution in [1.29, 1.82) is 5.26 Å². The lowest BCUT2D eigenvalue weighted by atomic mass is 9.96. The lowest BCUT2D eigenvalue weighted by Gasteiger charge is -2.39. The van der Waals surface area contributed by atoms with Crippen LogP contribution in [0.5, 0.6) is 0 Å². The lowest BCUT2D eigenvalue weighted by Crippen LogP contribution is -2.43.